The van der Waals surface area contributed by atoms with Gasteiger partial charge in [-0.1, -0.05) is 6.92 Å². The maximum Gasteiger partial charge on any atom is 0.258 e. The van der Waals surface area contributed by atoms with Crippen molar-refractivity contribution in [2.24, 2.45) is 0 Å². The molecular weight excluding hydrogens is 274 g/mol. The summed E-state index contributed by atoms with van der Waals surface area (Å²) in [6.07, 6.45) is 3.24. The van der Waals surface area contributed by atoms with Crippen LogP contribution in [-0.2, 0) is 4.74 Å². The molecule has 0 radical (unpaired) electrons. The van der Waals surface area contributed by atoms with Crippen LogP contribution in [-0.4, -0.2) is 48.0 Å². The second-order valence-electron chi connectivity index (χ2n) is 5.11. The summed E-state index contributed by atoms with van der Waals surface area (Å²) >= 11 is 1.34. The quantitative estimate of drug-likeness (QED) is 0.907. The van der Waals surface area contributed by atoms with Gasteiger partial charge in [-0.05, 0) is 37.7 Å². The number of piperidine rings is 1. The Morgan fingerprint density at radius 2 is 2.40 bits per heavy atom. The lowest BCUT2D eigenvalue weighted by Gasteiger charge is -2.32. The molecule has 5 nitrogen and oxygen atoms in total. The van der Waals surface area contributed by atoms with Crippen LogP contribution in [0.25, 0.3) is 0 Å². The fraction of sp³-hybridized carbons (Fsp3) is 0.714. The van der Waals surface area contributed by atoms with Gasteiger partial charge in [-0.2, -0.15) is 4.37 Å². The zero-order valence-electron chi connectivity index (χ0n) is 12.4. The van der Waals surface area contributed by atoms with E-state index in [1.54, 1.807) is 0 Å². The molecule has 0 aromatic carbocycles. The topological polar surface area (TPSA) is 54.5 Å². The molecule has 0 saturated carbocycles. The Kier molecular flexibility index (Phi) is 5.37. The van der Waals surface area contributed by atoms with E-state index in [2.05, 4.69) is 16.6 Å². The summed E-state index contributed by atoms with van der Waals surface area (Å²) in [5.41, 5.74) is 1.52. The summed E-state index contributed by atoms with van der Waals surface area (Å²) in [6.45, 7) is 6.26. The standard InChI is InChI=1S/C14H23N3O2S/c1-4-8-19-11-6-5-7-17(9-11)14(18)12-10(2)16-20-13(12)15-3/h11,15H,4-9H2,1-3H3/t11-/m1/s1. The van der Waals surface area contributed by atoms with Gasteiger partial charge in [0.15, 0.2) is 0 Å². The molecule has 1 amide bonds. The maximum atomic E-state index is 12.7. The van der Waals surface area contributed by atoms with Gasteiger partial charge in [-0.25, -0.2) is 0 Å². The number of hydrogen-bond donors (Lipinski definition) is 1. The lowest BCUT2D eigenvalue weighted by molar-refractivity contribution is 0.00212. The van der Waals surface area contributed by atoms with Crippen molar-refractivity contribution < 1.29 is 9.53 Å². The Bertz CT molecular complexity index is 461. The first kappa shape index (κ1) is 15.3. The Morgan fingerprint density at radius 1 is 1.60 bits per heavy atom. The first-order valence-electron chi connectivity index (χ1n) is 7.22. The van der Waals surface area contributed by atoms with Crippen molar-refractivity contribution in [3.05, 3.63) is 11.3 Å². The Morgan fingerprint density at radius 3 is 3.10 bits per heavy atom. The van der Waals surface area contributed by atoms with E-state index < -0.39 is 0 Å². The van der Waals surface area contributed by atoms with Gasteiger partial charge in [0.1, 0.15) is 5.00 Å². The molecule has 6 heteroatoms. The minimum Gasteiger partial charge on any atom is -0.378 e. The zero-order chi connectivity index (χ0) is 14.5. The molecule has 1 aliphatic heterocycles. The van der Waals surface area contributed by atoms with E-state index in [0.717, 1.165) is 43.1 Å². The van der Waals surface area contributed by atoms with Gasteiger partial charge < -0.3 is 15.0 Å². The third-order valence-electron chi connectivity index (χ3n) is 3.53. The first-order valence-corrected chi connectivity index (χ1v) is 7.99. The molecule has 0 aliphatic carbocycles. The van der Waals surface area contributed by atoms with Crippen LogP contribution in [0.15, 0.2) is 0 Å². The van der Waals surface area contributed by atoms with Gasteiger partial charge >= 0.3 is 0 Å². The minimum absolute atomic E-state index is 0.0744. The number of carbonyl (C=O) groups excluding carboxylic acids is 1. The molecule has 112 valence electrons. The van der Waals surface area contributed by atoms with E-state index in [4.69, 9.17) is 4.74 Å². The van der Waals surface area contributed by atoms with Crippen LogP contribution in [0.1, 0.15) is 42.2 Å². The molecule has 1 fully saturated rings. The van der Waals surface area contributed by atoms with Crippen LogP contribution in [0.2, 0.25) is 0 Å². The number of likely N-dealkylation sites (tertiary alicyclic amines) is 1. The van der Waals surface area contributed by atoms with Crippen molar-refractivity contribution in [1.82, 2.24) is 9.27 Å². The van der Waals surface area contributed by atoms with Crippen LogP contribution < -0.4 is 5.32 Å². The second-order valence-corrected chi connectivity index (χ2v) is 5.88. The van der Waals surface area contributed by atoms with Crippen molar-refractivity contribution in [3.63, 3.8) is 0 Å². The molecule has 0 unspecified atom stereocenters. The molecule has 0 bridgehead atoms. The fourth-order valence-electron chi connectivity index (χ4n) is 2.49. The van der Waals surface area contributed by atoms with E-state index in [0.29, 0.717) is 12.1 Å². The molecule has 2 heterocycles. The normalized spacial score (nSPS) is 19.1. The minimum atomic E-state index is 0.0744. The number of aromatic nitrogens is 1. The highest BCUT2D eigenvalue weighted by atomic mass is 32.1. The Labute approximate surface area is 124 Å². The summed E-state index contributed by atoms with van der Waals surface area (Å²) in [4.78, 5) is 14.6. The van der Waals surface area contributed by atoms with Gasteiger partial charge in [-0.15, -0.1) is 0 Å². The van der Waals surface area contributed by atoms with Crippen molar-refractivity contribution >= 4 is 22.4 Å². The van der Waals surface area contributed by atoms with Gasteiger partial charge in [-0.3, -0.25) is 4.79 Å². The largest absolute Gasteiger partial charge is 0.378 e. The predicted octanol–water partition coefficient (Wildman–Crippen LogP) is 2.52. The average molecular weight is 297 g/mol. The van der Waals surface area contributed by atoms with E-state index >= 15 is 0 Å². The van der Waals surface area contributed by atoms with Crippen molar-refractivity contribution in [2.75, 3.05) is 32.1 Å². The summed E-state index contributed by atoms with van der Waals surface area (Å²) < 4.78 is 10.1. The number of nitrogens with zero attached hydrogens (tertiary/aromatic N) is 2. The van der Waals surface area contributed by atoms with Gasteiger partial charge in [0.2, 0.25) is 0 Å². The second kappa shape index (κ2) is 7.04. The Balaban J connectivity index is 2.06. The SMILES string of the molecule is CCCO[C@@H]1CCCN(C(=O)c2c(C)nsc2NC)C1. The van der Waals surface area contributed by atoms with Crippen molar-refractivity contribution in [2.45, 2.75) is 39.2 Å². The molecule has 2 rings (SSSR count). The monoisotopic (exact) mass is 297 g/mol. The predicted molar refractivity (Wildman–Crippen MR) is 81.6 cm³/mol. The molecule has 1 N–H and O–H groups in total. The lowest BCUT2D eigenvalue weighted by Crippen LogP contribution is -2.43. The smallest absolute Gasteiger partial charge is 0.258 e. The zero-order valence-corrected chi connectivity index (χ0v) is 13.3. The summed E-state index contributed by atoms with van der Waals surface area (Å²) in [5, 5.41) is 3.91. The van der Waals surface area contributed by atoms with E-state index in [1.807, 2.05) is 18.9 Å². The molecule has 1 aromatic heterocycles. The number of carbonyl (C=O) groups is 1. The molecule has 1 atom stereocenters. The average Bonchev–Trinajstić information content (AvgIpc) is 2.85. The summed E-state index contributed by atoms with van der Waals surface area (Å²) in [5.74, 6) is 0.0744. The molecule has 1 aromatic rings. The maximum absolute atomic E-state index is 12.7. The van der Waals surface area contributed by atoms with E-state index in [-0.39, 0.29) is 12.0 Å². The molecular formula is C14H23N3O2S. The molecule has 0 spiro atoms. The highest BCUT2D eigenvalue weighted by molar-refractivity contribution is 7.10. The third kappa shape index (κ3) is 3.30. The van der Waals surface area contributed by atoms with Crippen molar-refractivity contribution in [3.8, 4) is 0 Å². The molecule has 1 saturated heterocycles. The third-order valence-corrected chi connectivity index (χ3v) is 4.48. The summed E-state index contributed by atoms with van der Waals surface area (Å²) in [6, 6.07) is 0. The van der Waals surface area contributed by atoms with E-state index in [1.165, 1.54) is 11.5 Å². The number of ether oxygens (including phenoxy) is 1. The van der Waals surface area contributed by atoms with Crippen molar-refractivity contribution in [1.29, 1.82) is 0 Å². The number of rotatable bonds is 5. The number of anilines is 1. The van der Waals surface area contributed by atoms with Crippen LogP contribution >= 0.6 is 11.5 Å². The lowest BCUT2D eigenvalue weighted by atomic mass is 10.1. The number of aryl methyl sites for hydroxylation is 1. The summed E-state index contributed by atoms with van der Waals surface area (Å²) in [7, 11) is 1.83. The Hall–Kier alpha value is -1.14. The number of nitrogens with one attached hydrogen (secondary N) is 1. The number of hydrogen-bond acceptors (Lipinski definition) is 5. The van der Waals surface area contributed by atoms with Gasteiger partial charge in [0, 0.05) is 26.7 Å². The first-order chi connectivity index (χ1) is 9.67. The highest BCUT2D eigenvalue weighted by Gasteiger charge is 2.28. The van der Waals surface area contributed by atoms with Gasteiger partial charge in [0.05, 0.1) is 17.4 Å². The van der Waals surface area contributed by atoms with E-state index in [9.17, 15) is 4.79 Å². The molecule has 1 aliphatic rings. The fourth-order valence-corrected chi connectivity index (χ4v) is 3.23. The van der Waals surface area contributed by atoms with Crippen LogP contribution in [0.5, 0.6) is 0 Å². The highest BCUT2D eigenvalue weighted by Crippen LogP contribution is 2.26. The molecule has 20 heavy (non-hydrogen) atoms. The van der Waals surface area contributed by atoms with Gasteiger partial charge in [0.25, 0.3) is 5.91 Å². The number of amides is 1. The van der Waals surface area contributed by atoms with Crippen LogP contribution in [0.4, 0.5) is 5.00 Å². The van der Waals surface area contributed by atoms with Crippen LogP contribution in [0, 0.1) is 6.92 Å². The van der Waals surface area contributed by atoms with Crippen LogP contribution in [0.3, 0.4) is 0 Å².